The minimum atomic E-state index is -1.43. The molecule has 0 aliphatic heterocycles. The van der Waals surface area contributed by atoms with E-state index in [2.05, 4.69) is 46.5 Å². The number of carbonyl (C=O) groups is 1. The van der Waals surface area contributed by atoms with E-state index in [1.54, 1.807) is 6.92 Å². The Morgan fingerprint density at radius 2 is 2.09 bits per heavy atom. The molecule has 0 radical (unpaired) electrons. The molecule has 0 bridgehead atoms. The van der Waals surface area contributed by atoms with Crippen molar-refractivity contribution in [2.45, 2.75) is 26.6 Å². The summed E-state index contributed by atoms with van der Waals surface area (Å²) in [6, 6.07) is 7.63. The summed E-state index contributed by atoms with van der Waals surface area (Å²) < 4.78 is 4.99. The zero-order valence-electron chi connectivity index (χ0n) is 13.2. The fourth-order valence-corrected chi connectivity index (χ4v) is 2.30. The third kappa shape index (κ3) is 4.05. The molecule has 0 atom stereocenters. The highest BCUT2D eigenvalue weighted by molar-refractivity contribution is 6.83. The fraction of sp³-hybridized carbons (Fsp3) is 0.312. The highest BCUT2D eigenvalue weighted by Gasteiger charge is 2.19. The summed E-state index contributed by atoms with van der Waals surface area (Å²) >= 11 is 0. The third-order valence-corrected chi connectivity index (χ3v) is 3.61. The smallest absolute Gasteiger partial charge is 0.361 e. The largest absolute Gasteiger partial charge is 0.461 e. The van der Waals surface area contributed by atoms with Gasteiger partial charge in [-0.25, -0.2) is 4.79 Å². The average Bonchev–Trinajstić information content (AvgIpc) is 2.94. The van der Waals surface area contributed by atoms with Crippen LogP contribution in [0.15, 0.2) is 24.3 Å². The molecule has 1 aromatic heterocycles. The van der Waals surface area contributed by atoms with Crippen LogP contribution in [0, 0.1) is 11.5 Å². The van der Waals surface area contributed by atoms with E-state index in [1.807, 2.05) is 24.3 Å². The lowest BCUT2D eigenvalue weighted by Crippen LogP contribution is -2.16. The second kappa shape index (κ2) is 6.58. The molecule has 0 aliphatic rings. The summed E-state index contributed by atoms with van der Waals surface area (Å²) in [6.07, 6.45) is 0. The van der Waals surface area contributed by atoms with Gasteiger partial charge in [-0.15, -0.1) is 10.6 Å². The number of H-pyrrole nitrogens is 1. The van der Waals surface area contributed by atoms with Gasteiger partial charge in [0.05, 0.1) is 6.61 Å². The van der Waals surface area contributed by atoms with E-state index in [4.69, 9.17) is 4.74 Å². The van der Waals surface area contributed by atoms with Crippen LogP contribution >= 0.6 is 0 Å². The molecule has 0 spiro atoms. The lowest BCUT2D eigenvalue weighted by molar-refractivity contribution is 0.0520. The normalized spacial score (nSPS) is 10.7. The molecule has 0 aliphatic carbocycles. The maximum Gasteiger partial charge on any atom is 0.361 e. The van der Waals surface area contributed by atoms with Crippen molar-refractivity contribution in [1.29, 1.82) is 0 Å². The first-order chi connectivity index (χ1) is 10.4. The quantitative estimate of drug-likeness (QED) is 0.537. The summed E-state index contributed by atoms with van der Waals surface area (Å²) in [5.41, 5.74) is 5.69. The molecule has 0 amide bonds. The van der Waals surface area contributed by atoms with Gasteiger partial charge in [-0.1, -0.05) is 37.7 Å². The molecule has 1 heterocycles. The minimum Gasteiger partial charge on any atom is -0.461 e. The van der Waals surface area contributed by atoms with E-state index in [-0.39, 0.29) is 5.69 Å². The topological polar surface area (TPSA) is 67.9 Å². The van der Waals surface area contributed by atoms with Crippen LogP contribution < -0.4 is 0 Å². The second-order valence-corrected chi connectivity index (χ2v) is 10.6. The average molecular weight is 313 g/mol. The van der Waals surface area contributed by atoms with Gasteiger partial charge >= 0.3 is 5.97 Å². The van der Waals surface area contributed by atoms with Gasteiger partial charge < -0.3 is 4.74 Å². The van der Waals surface area contributed by atoms with Crippen molar-refractivity contribution in [3.63, 3.8) is 0 Å². The Morgan fingerprint density at radius 3 is 2.77 bits per heavy atom. The summed E-state index contributed by atoms with van der Waals surface area (Å²) in [5.74, 6) is 2.72. The molecule has 2 rings (SSSR count). The van der Waals surface area contributed by atoms with Crippen LogP contribution in [0.3, 0.4) is 0 Å². The van der Waals surface area contributed by atoms with E-state index in [0.29, 0.717) is 12.3 Å². The van der Waals surface area contributed by atoms with Crippen LogP contribution in [0.5, 0.6) is 0 Å². The molecule has 0 unspecified atom stereocenters. The predicted molar refractivity (Wildman–Crippen MR) is 88.0 cm³/mol. The molecule has 0 saturated carbocycles. The second-order valence-electron chi connectivity index (χ2n) is 5.82. The van der Waals surface area contributed by atoms with Gasteiger partial charge in [-0.2, -0.15) is 10.3 Å². The third-order valence-electron chi connectivity index (χ3n) is 2.73. The number of nitrogens with one attached hydrogen (secondary N) is 1. The van der Waals surface area contributed by atoms with Crippen molar-refractivity contribution in [3.05, 3.63) is 35.5 Å². The van der Waals surface area contributed by atoms with Crippen molar-refractivity contribution in [2.24, 2.45) is 0 Å². The van der Waals surface area contributed by atoms with Crippen LogP contribution in [-0.2, 0) is 4.74 Å². The minimum absolute atomic E-state index is 0.192. The molecule has 2 aromatic rings. The molecule has 22 heavy (non-hydrogen) atoms. The van der Waals surface area contributed by atoms with Crippen molar-refractivity contribution in [1.82, 2.24) is 15.4 Å². The molecule has 0 fully saturated rings. The number of carbonyl (C=O) groups excluding carboxylic acids is 1. The van der Waals surface area contributed by atoms with Crippen molar-refractivity contribution in [2.75, 3.05) is 6.61 Å². The number of ether oxygens (including phenoxy) is 1. The summed E-state index contributed by atoms with van der Waals surface area (Å²) in [4.78, 5) is 11.9. The van der Waals surface area contributed by atoms with E-state index >= 15 is 0 Å². The van der Waals surface area contributed by atoms with Crippen molar-refractivity contribution in [3.8, 4) is 22.7 Å². The van der Waals surface area contributed by atoms with E-state index in [1.165, 1.54) is 0 Å². The van der Waals surface area contributed by atoms with Gasteiger partial charge in [0.25, 0.3) is 0 Å². The fourth-order valence-electron chi connectivity index (χ4n) is 1.78. The molecular formula is C16H19N3O2Si. The molecule has 1 N–H and O–H groups in total. The number of nitrogens with zero attached hydrogens (tertiary/aromatic N) is 2. The first kappa shape index (κ1) is 16.0. The van der Waals surface area contributed by atoms with E-state index in [9.17, 15) is 4.79 Å². The Hall–Kier alpha value is -2.39. The number of aromatic amines is 1. The summed E-state index contributed by atoms with van der Waals surface area (Å²) in [6.45, 7) is 8.64. The van der Waals surface area contributed by atoms with Gasteiger partial charge in [0.1, 0.15) is 13.8 Å². The zero-order valence-corrected chi connectivity index (χ0v) is 14.2. The van der Waals surface area contributed by atoms with Crippen LogP contribution in [0.2, 0.25) is 19.6 Å². The van der Waals surface area contributed by atoms with Crippen molar-refractivity contribution < 1.29 is 9.53 Å². The van der Waals surface area contributed by atoms with Crippen LogP contribution in [-0.4, -0.2) is 36.1 Å². The molecule has 114 valence electrons. The maximum atomic E-state index is 11.9. The summed E-state index contributed by atoms with van der Waals surface area (Å²) in [5, 5.41) is 10.4. The first-order valence-corrected chi connectivity index (χ1v) is 10.6. The van der Waals surface area contributed by atoms with Gasteiger partial charge in [0.2, 0.25) is 0 Å². The maximum absolute atomic E-state index is 11.9. The van der Waals surface area contributed by atoms with Crippen LogP contribution in [0.1, 0.15) is 23.0 Å². The van der Waals surface area contributed by atoms with Gasteiger partial charge in [0, 0.05) is 11.1 Å². The Balaban J connectivity index is 2.36. The lowest BCUT2D eigenvalue weighted by Gasteiger charge is -2.04. The molecule has 1 aromatic carbocycles. The SMILES string of the molecule is CCOC(=O)c1n[nH]nc1-c1cccc(C#C[Si](C)(C)C)c1. The number of benzene rings is 1. The number of esters is 1. The van der Waals surface area contributed by atoms with Gasteiger partial charge in [-0.3, -0.25) is 0 Å². The highest BCUT2D eigenvalue weighted by Crippen LogP contribution is 2.21. The van der Waals surface area contributed by atoms with Crippen molar-refractivity contribution >= 4 is 14.0 Å². The number of hydrogen-bond acceptors (Lipinski definition) is 4. The Kier molecular flexibility index (Phi) is 4.78. The Bertz CT molecular complexity index is 736. The van der Waals surface area contributed by atoms with E-state index in [0.717, 1.165) is 11.1 Å². The summed E-state index contributed by atoms with van der Waals surface area (Å²) in [7, 11) is -1.43. The number of aromatic nitrogens is 3. The highest BCUT2D eigenvalue weighted by atomic mass is 28.3. The lowest BCUT2D eigenvalue weighted by atomic mass is 10.1. The van der Waals surface area contributed by atoms with E-state index < -0.39 is 14.0 Å². The van der Waals surface area contributed by atoms with Gasteiger partial charge in [-0.05, 0) is 19.1 Å². The monoisotopic (exact) mass is 313 g/mol. The van der Waals surface area contributed by atoms with Crippen LogP contribution in [0.25, 0.3) is 11.3 Å². The zero-order chi connectivity index (χ0) is 16.2. The first-order valence-electron chi connectivity index (χ1n) is 7.12. The molecular weight excluding hydrogens is 294 g/mol. The predicted octanol–water partition coefficient (Wildman–Crippen LogP) is 2.88. The van der Waals surface area contributed by atoms with Crippen LogP contribution in [0.4, 0.5) is 0 Å². The molecule has 0 saturated heterocycles. The Morgan fingerprint density at radius 1 is 1.32 bits per heavy atom. The number of rotatable bonds is 3. The standard InChI is InChI=1S/C16H19N3O2Si/c1-5-21-16(20)15-14(17-19-18-15)13-8-6-7-12(11-13)9-10-22(2,3)4/h6-8,11H,5H2,1-4H3,(H,17,18,19). The number of hydrogen-bond donors (Lipinski definition) is 1. The Labute approximate surface area is 131 Å². The van der Waals surface area contributed by atoms with Gasteiger partial charge in [0.15, 0.2) is 5.69 Å². The molecule has 6 heteroatoms. The molecule has 5 nitrogen and oxygen atoms in total.